The van der Waals surface area contributed by atoms with Crippen molar-refractivity contribution >= 4 is 0 Å². The van der Waals surface area contributed by atoms with Crippen LogP contribution in [-0.4, -0.2) is 61.0 Å². The number of hydrogen-bond acceptors (Lipinski definition) is 4. The molecule has 0 aromatic rings. The Balaban J connectivity index is 1.70. The minimum Gasteiger partial charge on any atom is -0.395 e. The average molecular weight is 242 g/mol. The molecule has 2 N–H and O–H groups in total. The molecule has 2 aliphatic rings. The van der Waals surface area contributed by atoms with Crippen molar-refractivity contribution in [1.82, 2.24) is 10.2 Å². The van der Waals surface area contributed by atoms with Gasteiger partial charge in [-0.05, 0) is 25.7 Å². The van der Waals surface area contributed by atoms with Crippen LogP contribution in [-0.2, 0) is 4.74 Å². The fourth-order valence-electron chi connectivity index (χ4n) is 2.49. The number of aliphatic hydroxyl groups excluding tert-OH is 1. The van der Waals surface area contributed by atoms with Crippen molar-refractivity contribution in [2.45, 2.75) is 50.7 Å². The highest BCUT2D eigenvalue weighted by atomic mass is 16.5. The maximum absolute atomic E-state index is 9.35. The highest BCUT2D eigenvalue weighted by Crippen LogP contribution is 2.20. The van der Waals surface area contributed by atoms with Gasteiger partial charge in [0.05, 0.1) is 19.8 Å². The zero-order chi connectivity index (χ0) is 12.1. The lowest BCUT2D eigenvalue weighted by atomic mass is 10.1. The monoisotopic (exact) mass is 242 g/mol. The molecule has 1 heterocycles. The number of ether oxygens (including phenoxy) is 1. The van der Waals surface area contributed by atoms with Crippen LogP contribution in [0.15, 0.2) is 0 Å². The Bertz CT molecular complexity index is 221. The topological polar surface area (TPSA) is 44.7 Å². The van der Waals surface area contributed by atoms with E-state index >= 15 is 0 Å². The third kappa shape index (κ3) is 4.21. The van der Waals surface area contributed by atoms with Crippen molar-refractivity contribution in [3.8, 4) is 0 Å². The lowest BCUT2D eigenvalue weighted by molar-refractivity contribution is -0.0107. The summed E-state index contributed by atoms with van der Waals surface area (Å²) in [6.45, 7) is 6.33. The van der Waals surface area contributed by atoms with Crippen molar-refractivity contribution in [3.05, 3.63) is 0 Å². The van der Waals surface area contributed by atoms with Crippen LogP contribution < -0.4 is 5.32 Å². The van der Waals surface area contributed by atoms with Gasteiger partial charge >= 0.3 is 0 Å². The van der Waals surface area contributed by atoms with Crippen LogP contribution >= 0.6 is 0 Å². The fourth-order valence-corrected chi connectivity index (χ4v) is 2.49. The molecule has 0 spiro atoms. The van der Waals surface area contributed by atoms with E-state index in [1.807, 2.05) is 0 Å². The number of hydrogen-bond donors (Lipinski definition) is 2. The van der Waals surface area contributed by atoms with Gasteiger partial charge in [0.15, 0.2) is 0 Å². The molecule has 0 bridgehead atoms. The Labute approximate surface area is 104 Å². The van der Waals surface area contributed by atoms with E-state index < -0.39 is 0 Å². The summed E-state index contributed by atoms with van der Waals surface area (Å²) in [6, 6.07) is 1.53. The number of nitrogens with one attached hydrogen (secondary N) is 1. The Hall–Kier alpha value is -0.160. The van der Waals surface area contributed by atoms with E-state index in [0.717, 1.165) is 39.1 Å². The second-order valence-corrected chi connectivity index (χ2v) is 5.28. The molecule has 1 saturated heterocycles. The molecule has 2 rings (SSSR count). The van der Waals surface area contributed by atoms with Gasteiger partial charge < -0.3 is 15.2 Å². The summed E-state index contributed by atoms with van der Waals surface area (Å²) in [5.74, 6) is 0. The van der Waals surface area contributed by atoms with Gasteiger partial charge in [-0.25, -0.2) is 0 Å². The van der Waals surface area contributed by atoms with Crippen molar-refractivity contribution in [2.24, 2.45) is 0 Å². The molecule has 100 valence electrons. The van der Waals surface area contributed by atoms with Gasteiger partial charge in [0.2, 0.25) is 0 Å². The number of aliphatic hydroxyl groups is 1. The molecular weight excluding hydrogens is 216 g/mol. The van der Waals surface area contributed by atoms with Crippen molar-refractivity contribution in [2.75, 3.05) is 32.9 Å². The van der Waals surface area contributed by atoms with Gasteiger partial charge in [-0.3, -0.25) is 4.90 Å². The van der Waals surface area contributed by atoms with Crippen LogP contribution in [0, 0.1) is 0 Å². The van der Waals surface area contributed by atoms with E-state index in [-0.39, 0.29) is 12.6 Å². The first kappa shape index (κ1) is 13.3. The maximum Gasteiger partial charge on any atom is 0.0622 e. The molecule has 4 heteroatoms. The second kappa shape index (κ2) is 6.69. The normalized spacial score (nSPS) is 28.2. The minimum atomic E-state index is 0.262. The van der Waals surface area contributed by atoms with E-state index in [1.54, 1.807) is 0 Å². The Morgan fingerprint density at radius 3 is 2.94 bits per heavy atom. The predicted octanol–water partition coefficient (Wildman–Crippen LogP) is 0.600. The zero-order valence-corrected chi connectivity index (χ0v) is 10.9. The third-order valence-electron chi connectivity index (χ3n) is 3.85. The van der Waals surface area contributed by atoms with Gasteiger partial charge in [0.25, 0.3) is 0 Å². The van der Waals surface area contributed by atoms with Gasteiger partial charge in [-0.2, -0.15) is 0 Å². The molecule has 1 aliphatic heterocycles. The number of morpholine rings is 1. The molecule has 2 atom stereocenters. The smallest absolute Gasteiger partial charge is 0.0622 e. The van der Waals surface area contributed by atoms with Crippen LogP contribution in [0.5, 0.6) is 0 Å². The van der Waals surface area contributed by atoms with E-state index in [1.165, 1.54) is 12.8 Å². The number of rotatable bonds is 7. The van der Waals surface area contributed by atoms with Crippen LogP contribution in [0.1, 0.15) is 32.6 Å². The van der Waals surface area contributed by atoms with Crippen LogP contribution in [0.2, 0.25) is 0 Å². The molecule has 4 nitrogen and oxygen atoms in total. The molecule has 1 aliphatic carbocycles. The molecule has 1 saturated carbocycles. The Morgan fingerprint density at radius 2 is 2.29 bits per heavy atom. The summed E-state index contributed by atoms with van der Waals surface area (Å²) in [5, 5.41) is 12.9. The van der Waals surface area contributed by atoms with E-state index in [4.69, 9.17) is 4.74 Å². The van der Waals surface area contributed by atoms with Gasteiger partial charge in [0, 0.05) is 31.2 Å². The SMILES string of the molecule is CCC1COCCN1CCC(CO)NC1CC1. The summed E-state index contributed by atoms with van der Waals surface area (Å²) >= 11 is 0. The fraction of sp³-hybridized carbons (Fsp3) is 1.00. The van der Waals surface area contributed by atoms with Gasteiger partial charge in [-0.1, -0.05) is 6.92 Å². The lowest BCUT2D eigenvalue weighted by Gasteiger charge is -2.35. The summed E-state index contributed by atoms with van der Waals surface area (Å²) in [7, 11) is 0. The van der Waals surface area contributed by atoms with E-state index in [0.29, 0.717) is 12.1 Å². The third-order valence-corrected chi connectivity index (χ3v) is 3.85. The van der Waals surface area contributed by atoms with Gasteiger partial charge in [0.1, 0.15) is 0 Å². The van der Waals surface area contributed by atoms with E-state index in [9.17, 15) is 5.11 Å². The summed E-state index contributed by atoms with van der Waals surface area (Å²) in [5.41, 5.74) is 0. The first-order chi connectivity index (χ1) is 8.33. The van der Waals surface area contributed by atoms with Gasteiger partial charge in [-0.15, -0.1) is 0 Å². The average Bonchev–Trinajstić information content (AvgIpc) is 3.18. The molecular formula is C13H26N2O2. The van der Waals surface area contributed by atoms with Crippen molar-refractivity contribution in [1.29, 1.82) is 0 Å². The van der Waals surface area contributed by atoms with Crippen LogP contribution in [0.3, 0.4) is 0 Å². The highest BCUT2D eigenvalue weighted by molar-refractivity contribution is 4.85. The predicted molar refractivity (Wildman–Crippen MR) is 68.1 cm³/mol. The van der Waals surface area contributed by atoms with Crippen LogP contribution in [0.4, 0.5) is 0 Å². The Morgan fingerprint density at radius 1 is 1.47 bits per heavy atom. The first-order valence-electron chi connectivity index (χ1n) is 7.02. The lowest BCUT2D eigenvalue weighted by Crippen LogP contribution is -2.47. The quantitative estimate of drug-likeness (QED) is 0.686. The largest absolute Gasteiger partial charge is 0.395 e. The minimum absolute atomic E-state index is 0.262. The molecule has 0 aromatic heterocycles. The molecule has 0 aromatic carbocycles. The molecule has 2 fully saturated rings. The second-order valence-electron chi connectivity index (χ2n) is 5.28. The van der Waals surface area contributed by atoms with Crippen LogP contribution in [0.25, 0.3) is 0 Å². The summed E-state index contributed by atoms with van der Waals surface area (Å²) in [6.07, 6.45) is 4.76. The molecule has 17 heavy (non-hydrogen) atoms. The van der Waals surface area contributed by atoms with Crippen molar-refractivity contribution in [3.63, 3.8) is 0 Å². The molecule has 0 amide bonds. The standard InChI is InChI=1S/C13H26N2O2/c1-2-13-10-17-8-7-15(13)6-5-12(9-16)14-11-3-4-11/h11-14,16H,2-10H2,1H3. The highest BCUT2D eigenvalue weighted by Gasteiger charge is 2.26. The Kier molecular flexibility index (Phi) is 5.22. The molecule has 2 unspecified atom stereocenters. The maximum atomic E-state index is 9.35. The summed E-state index contributed by atoms with van der Waals surface area (Å²) < 4.78 is 5.50. The zero-order valence-electron chi connectivity index (χ0n) is 10.9. The summed E-state index contributed by atoms with van der Waals surface area (Å²) in [4.78, 5) is 2.51. The first-order valence-corrected chi connectivity index (χ1v) is 7.02. The molecule has 0 radical (unpaired) electrons. The number of nitrogens with zero attached hydrogens (tertiary/aromatic N) is 1. The van der Waals surface area contributed by atoms with Crippen molar-refractivity contribution < 1.29 is 9.84 Å². The van der Waals surface area contributed by atoms with E-state index in [2.05, 4.69) is 17.1 Å².